The summed E-state index contributed by atoms with van der Waals surface area (Å²) >= 11 is 0. The van der Waals surface area contributed by atoms with E-state index in [-0.39, 0.29) is 11.9 Å². The molecular weight excluding hydrogens is 234 g/mol. The van der Waals surface area contributed by atoms with E-state index in [0.717, 1.165) is 26.2 Å². The van der Waals surface area contributed by atoms with E-state index in [1.165, 1.54) is 6.33 Å². The second kappa shape index (κ2) is 6.46. The molecule has 0 aromatic carbocycles. The van der Waals surface area contributed by atoms with Crippen molar-refractivity contribution in [2.45, 2.75) is 19.4 Å². The Hall–Kier alpha value is -1.47. The first-order valence-corrected chi connectivity index (χ1v) is 6.25. The Kier molecular flexibility index (Phi) is 4.66. The Labute approximate surface area is 106 Å². The lowest BCUT2D eigenvalue weighted by Gasteiger charge is -2.31. The van der Waals surface area contributed by atoms with Crippen molar-refractivity contribution in [1.82, 2.24) is 25.7 Å². The van der Waals surface area contributed by atoms with Crippen molar-refractivity contribution in [2.24, 2.45) is 0 Å². The molecule has 2 heterocycles. The maximum atomic E-state index is 11.9. The van der Waals surface area contributed by atoms with Crippen LogP contribution in [0.1, 0.15) is 12.8 Å². The van der Waals surface area contributed by atoms with Gasteiger partial charge in [0.15, 0.2) is 6.33 Å². The number of rotatable bonds is 5. The van der Waals surface area contributed by atoms with Gasteiger partial charge in [-0.25, -0.2) is 0 Å². The molecule has 7 heteroatoms. The molecule has 2 N–H and O–H groups in total. The van der Waals surface area contributed by atoms with Crippen LogP contribution in [0.25, 0.3) is 0 Å². The van der Waals surface area contributed by atoms with Crippen molar-refractivity contribution in [3.8, 4) is 0 Å². The minimum Gasteiger partial charge on any atom is -0.354 e. The summed E-state index contributed by atoms with van der Waals surface area (Å²) in [4.78, 5) is 18.0. The second-order valence-electron chi connectivity index (χ2n) is 4.34. The number of carbonyl (C=O) groups is 1. The molecule has 1 saturated heterocycles. The van der Waals surface area contributed by atoms with E-state index in [1.807, 2.05) is 6.92 Å². The number of hydrogen-bond acceptors (Lipinski definition) is 6. The third-order valence-electron chi connectivity index (χ3n) is 3.12. The molecule has 1 aromatic heterocycles. The highest BCUT2D eigenvalue weighted by atomic mass is 16.5. The Morgan fingerprint density at radius 1 is 1.61 bits per heavy atom. The predicted octanol–water partition coefficient (Wildman–Crippen LogP) is -0.978. The van der Waals surface area contributed by atoms with Crippen molar-refractivity contribution >= 4 is 5.91 Å². The van der Waals surface area contributed by atoms with Crippen molar-refractivity contribution in [1.29, 1.82) is 0 Å². The highest BCUT2D eigenvalue weighted by molar-refractivity contribution is 5.81. The molecule has 1 aliphatic rings. The van der Waals surface area contributed by atoms with E-state index >= 15 is 0 Å². The van der Waals surface area contributed by atoms with Gasteiger partial charge in [0.1, 0.15) is 0 Å². The van der Waals surface area contributed by atoms with Gasteiger partial charge in [-0.05, 0) is 6.92 Å². The molecule has 100 valence electrons. The van der Waals surface area contributed by atoms with Crippen molar-refractivity contribution in [3.63, 3.8) is 0 Å². The van der Waals surface area contributed by atoms with Gasteiger partial charge >= 0.3 is 0 Å². The fourth-order valence-electron chi connectivity index (χ4n) is 1.98. The molecule has 0 aliphatic carbocycles. The molecule has 1 amide bonds. The van der Waals surface area contributed by atoms with E-state index in [4.69, 9.17) is 4.52 Å². The standard InChI is InChI=1S/C11H19N5O2/c1-9(16-6-4-12-5-7-16)11(17)13-3-2-10-14-8-15-18-10/h8-9,12H,2-7H2,1H3,(H,13,17). The Bertz CT molecular complexity index is 362. The minimum absolute atomic E-state index is 0.0522. The second-order valence-corrected chi connectivity index (χ2v) is 4.34. The zero-order chi connectivity index (χ0) is 12.8. The van der Waals surface area contributed by atoms with Gasteiger partial charge in [-0.2, -0.15) is 4.98 Å². The molecule has 2 rings (SSSR count). The molecule has 1 atom stereocenters. The first kappa shape index (κ1) is 13.0. The van der Waals surface area contributed by atoms with Gasteiger partial charge in [0, 0.05) is 39.1 Å². The lowest BCUT2D eigenvalue weighted by molar-refractivity contribution is -0.126. The number of piperazine rings is 1. The normalized spacial score (nSPS) is 18.5. The van der Waals surface area contributed by atoms with Gasteiger partial charge in [-0.15, -0.1) is 0 Å². The van der Waals surface area contributed by atoms with Crippen molar-refractivity contribution < 1.29 is 9.32 Å². The van der Waals surface area contributed by atoms with E-state index < -0.39 is 0 Å². The number of amides is 1. The summed E-state index contributed by atoms with van der Waals surface area (Å²) in [7, 11) is 0. The van der Waals surface area contributed by atoms with Crippen LogP contribution in [0.3, 0.4) is 0 Å². The lowest BCUT2D eigenvalue weighted by atomic mass is 10.2. The summed E-state index contributed by atoms with van der Waals surface area (Å²) in [6.07, 6.45) is 1.93. The number of hydrogen-bond donors (Lipinski definition) is 2. The molecule has 0 spiro atoms. The average Bonchev–Trinajstić information content (AvgIpc) is 2.92. The number of nitrogens with zero attached hydrogens (tertiary/aromatic N) is 3. The summed E-state index contributed by atoms with van der Waals surface area (Å²) in [5.41, 5.74) is 0. The van der Waals surface area contributed by atoms with Crippen molar-refractivity contribution in [3.05, 3.63) is 12.2 Å². The number of carbonyl (C=O) groups excluding carboxylic acids is 1. The topological polar surface area (TPSA) is 83.3 Å². The van der Waals surface area contributed by atoms with Crippen molar-refractivity contribution in [2.75, 3.05) is 32.7 Å². The largest absolute Gasteiger partial charge is 0.354 e. The first-order valence-electron chi connectivity index (χ1n) is 6.25. The molecule has 0 bridgehead atoms. The van der Waals surface area contributed by atoms with Gasteiger partial charge in [-0.3, -0.25) is 9.69 Å². The zero-order valence-electron chi connectivity index (χ0n) is 10.6. The van der Waals surface area contributed by atoms with Crippen LogP contribution < -0.4 is 10.6 Å². The summed E-state index contributed by atoms with van der Waals surface area (Å²) in [6, 6.07) is -0.0882. The highest BCUT2D eigenvalue weighted by Crippen LogP contribution is 2.01. The molecule has 7 nitrogen and oxygen atoms in total. The fourth-order valence-corrected chi connectivity index (χ4v) is 1.98. The summed E-state index contributed by atoms with van der Waals surface area (Å²) in [5.74, 6) is 0.599. The maximum Gasteiger partial charge on any atom is 0.237 e. The van der Waals surface area contributed by atoms with Crippen LogP contribution in [-0.2, 0) is 11.2 Å². The molecule has 1 fully saturated rings. The Morgan fingerprint density at radius 3 is 3.06 bits per heavy atom. The average molecular weight is 253 g/mol. The molecular formula is C11H19N5O2. The van der Waals surface area contributed by atoms with Crippen LogP contribution in [-0.4, -0.2) is 59.7 Å². The van der Waals surface area contributed by atoms with Crippen LogP contribution in [0.15, 0.2) is 10.9 Å². The molecule has 1 aromatic rings. The Balaban J connectivity index is 1.70. The Morgan fingerprint density at radius 2 is 2.39 bits per heavy atom. The van der Waals surface area contributed by atoms with Gasteiger partial charge < -0.3 is 15.2 Å². The van der Waals surface area contributed by atoms with Crippen LogP contribution in [0.2, 0.25) is 0 Å². The summed E-state index contributed by atoms with van der Waals surface area (Å²) in [6.45, 7) is 6.18. The van der Waals surface area contributed by atoms with Gasteiger partial charge in [0.25, 0.3) is 0 Å². The quantitative estimate of drug-likeness (QED) is 0.702. The molecule has 1 aliphatic heterocycles. The predicted molar refractivity (Wildman–Crippen MR) is 64.9 cm³/mol. The van der Waals surface area contributed by atoms with Crippen LogP contribution in [0.4, 0.5) is 0 Å². The van der Waals surface area contributed by atoms with E-state index in [0.29, 0.717) is 18.9 Å². The minimum atomic E-state index is -0.0882. The first-order chi connectivity index (χ1) is 8.77. The molecule has 18 heavy (non-hydrogen) atoms. The summed E-state index contributed by atoms with van der Waals surface area (Å²) in [5, 5.41) is 9.67. The number of nitrogens with one attached hydrogen (secondary N) is 2. The van der Waals surface area contributed by atoms with E-state index in [1.54, 1.807) is 0 Å². The highest BCUT2D eigenvalue weighted by Gasteiger charge is 2.22. The fraction of sp³-hybridized carbons (Fsp3) is 0.727. The maximum absolute atomic E-state index is 11.9. The van der Waals surface area contributed by atoms with Crippen LogP contribution in [0, 0.1) is 0 Å². The smallest absolute Gasteiger partial charge is 0.237 e. The SMILES string of the molecule is CC(C(=O)NCCc1ncno1)N1CCNCC1. The van der Waals surface area contributed by atoms with Gasteiger partial charge in [0.05, 0.1) is 6.04 Å². The van der Waals surface area contributed by atoms with Gasteiger partial charge in [0.2, 0.25) is 11.8 Å². The third kappa shape index (κ3) is 3.51. The van der Waals surface area contributed by atoms with Crippen LogP contribution >= 0.6 is 0 Å². The lowest BCUT2D eigenvalue weighted by Crippen LogP contribution is -2.52. The third-order valence-corrected chi connectivity index (χ3v) is 3.12. The van der Waals surface area contributed by atoms with Crippen LogP contribution in [0.5, 0.6) is 0 Å². The van der Waals surface area contributed by atoms with E-state index in [2.05, 4.69) is 25.7 Å². The van der Waals surface area contributed by atoms with Gasteiger partial charge in [-0.1, -0.05) is 5.16 Å². The molecule has 0 saturated carbocycles. The molecule has 0 radical (unpaired) electrons. The summed E-state index contributed by atoms with van der Waals surface area (Å²) < 4.78 is 4.86. The zero-order valence-corrected chi connectivity index (χ0v) is 10.6. The van der Waals surface area contributed by atoms with E-state index in [9.17, 15) is 4.79 Å². The molecule has 1 unspecified atom stereocenters. The monoisotopic (exact) mass is 253 g/mol. The number of aromatic nitrogens is 2.